The van der Waals surface area contributed by atoms with E-state index < -0.39 is 5.41 Å². The highest BCUT2D eigenvalue weighted by Gasteiger charge is 2.48. The van der Waals surface area contributed by atoms with Crippen molar-refractivity contribution >= 4 is 45.3 Å². The summed E-state index contributed by atoms with van der Waals surface area (Å²) in [4.78, 5) is 5.24. The molecule has 0 amide bonds. The molecule has 8 aromatic carbocycles. The molecule has 0 aliphatic carbocycles. The lowest BCUT2D eigenvalue weighted by molar-refractivity contribution is 0.667. The molecule has 2 aliphatic heterocycles. The average Bonchev–Trinajstić information content (AvgIpc) is 3.56. The smallest absolute Gasteiger partial charge is 0.0745 e. The molecule has 0 saturated heterocycles. The number of hydrogen-bond donors (Lipinski definition) is 0. The molecule has 0 bridgehead atoms. The second-order valence-electron chi connectivity index (χ2n) is 13.6. The van der Waals surface area contributed by atoms with Gasteiger partial charge >= 0.3 is 0 Å². The van der Waals surface area contributed by atoms with Crippen molar-refractivity contribution in [2.75, 3.05) is 0 Å². The van der Waals surface area contributed by atoms with E-state index >= 15 is 0 Å². The van der Waals surface area contributed by atoms with Crippen LogP contribution in [0.25, 0.3) is 49.7 Å². The molecule has 1 aromatic heterocycles. The average molecular weight is 698 g/mol. The molecule has 3 heteroatoms. The summed E-state index contributed by atoms with van der Waals surface area (Å²) in [7, 11) is 0. The number of aromatic nitrogens is 1. The highest BCUT2D eigenvalue weighted by Crippen LogP contribution is 2.62. The number of benzene rings is 8. The maximum Gasteiger partial charge on any atom is 0.0745 e. The third-order valence-electron chi connectivity index (χ3n) is 10.9. The van der Waals surface area contributed by atoms with Gasteiger partial charge in [0.1, 0.15) is 0 Å². The zero-order valence-electron chi connectivity index (χ0n) is 28.2. The van der Waals surface area contributed by atoms with E-state index in [-0.39, 0.29) is 0 Å². The van der Waals surface area contributed by atoms with E-state index in [0.717, 1.165) is 0 Å². The Morgan fingerprint density at radius 2 is 0.962 bits per heavy atom. The van der Waals surface area contributed by atoms with Gasteiger partial charge < -0.3 is 4.57 Å². The summed E-state index contributed by atoms with van der Waals surface area (Å²) >= 11 is 3.81. The zero-order valence-corrected chi connectivity index (χ0v) is 29.8. The number of nitrogens with zero attached hydrogens (tertiary/aromatic N) is 1. The van der Waals surface area contributed by atoms with Crippen LogP contribution in [0.2, 0.25) is 0 Å². The van der Waals surface area contributed by atoms with Crippen molar-refractivity contribution in [3.05, 3.63) is 210 Å². The van der Waals surface area contributed by atoms with Crippen LogP contribution in [0.15, 0.2) is 208 Å². The van der Waals surface area contributed by atoms with E-state index in [1.54, 1.807) is 0 Å². The van der Waals surface area contributed by atoms with Crippen LogP contribution in [-0.2, 0) is 5.41 Å². The summed E-state index contributed by atoms with van der Waals surface area (Å²) in [6, 6.07) is 69.7. The Labute approximate surface area is 311 Å². The summed E-state index contributed by atoms with van der Waals surface area (Å²) in [5, 5.41) is 2.56. The predicted molar refractivity (Wildman–Crippen MR) is 218 cm³/mol. The molecule has 244 valence electrons. The first kappa shape index (κ1) is 29.9. The SMILES string of the molecule is c1ccc(-c2ccc3c(c2)C2(c4ccccc4Sc4cc(-c5cccc6c5c5ccccc5n6-c5ccccc5)ccc42)c2ccccc2S3)cc1. The lowest BCUT2D eigenvalue weighted by Gasteiger charge is -2.45. The van der Waals surface area contributed by atoms with Gasteiger partial charge in [-0.1, -0.05) is 157 Å². The molecule has 0 radical (unpaired) electrons. The van der Waals surface area contributed by atoms with E-state index in [2.05, 4.69) is 193 Å². The molecule has 1 spiro atoms. The Balaban J connectivity index is 1.19. The van der Waals surface area contributed by atoms with Crippen LogP contribution >= 0.6 is 23.5 Å². The van der Waals surface area contributed by atoms with Crippen LogP contribution in [0.4, 0.5) is 0 Å². The molecule has 0 fully saturated rings. The molecule has 52 heavy (non-hydrogen) atoms. The summed E-state index contributed by atoms with van der Waals surface area (Å²) < 4.78 is 2.41. The summed E-state index contributed by atoms with van der Waals surface area (Å²) in [6.45, 7) is 0. The number of rotatable bonds is 3. The molecular formula is C49H31NS2. The van der Waals surface area contributed by atoms with Gasteiger partial charge in [0.15, 0.2) is 0 Å². The zero-order chi connectivity index (χ0) is 34.2. The summed E-state index contributed by atoms with van der Waals surface area (Å²) in [5.41, 5.74) is 13.5. The van der Waals surface area contributed by atoms with Crippen molar-refractivity contribution in [2.24, 2.45) is 0 Å². The van der Waals surface area contributed by atoms with E-state index in [0.29, 0.717) is 0 Å². The van der Waals surface area contributed by atoms with Crippen LogP contribution in [-0.4, -0.2) is 4.57 Å². The fraction of sp³-hybridized carbons (Fsp3) is 0.0204. The Bertz CT molecular complexity index is 2840. The quantitative estimate of drug-likeness (QED) is 0.181. The Kier molecular flexibility index (Phi) is 6.70. The number of para-hydroxylation sites is 2. The number of fused-ring (bicyclic) bond motifs is 11. The van der Waals surface area contributed by atoms with E-state index in [1.165, 1.54) is 91.6 Å². The van der Waals surface area contributed by atoms with Gasteiger partial charge in [-0.15, -0.1) is 0 Å². The number of hydrogen-bond acceptors (Lipinski definition) is 2. The molecule has 9 aromatic rings. The monoisotopic (exact) mass is 697 g/mol. The minimum Gasteiger partial charge on any atom is -0.309 e. The van der Waals surface area contributed by atoms with Crippen molar-refractivity contribution in [1.29, 1.82) is 0 Å². The summed E-state index contributed by atoms with van der Waals surface area (Å²) in [5.74, 6) is 0. The van der Waals surface area contributed by atoms with Gasteiger partial charge in [-0.2, -0.15) is 0 Å². The minimum atomic E-state index is -0.465. The van der Waals surface area contributed by atoms with E-state index in [1.807, 2.05) is 23.5 Å². The van der Waals surface area contributed by atoms with Gasteiger partial charge in [0.05, 0.1) is 16.4 Å². The molecule has 1 nitrogen and oxygen atoms in total. The van der Waals surface area contributed by atoms with Crippen molar-refractivity contribution in [3.8, 4) is 27.9 Å². The second-order valence-corrected chi connectivity index (χ2v) is 15.8. The molecule has 3 heterocycles. The largest absolute Gasteiger partial charge is 0.309 e. The van der Waals surface area contributed by atoms with Gasteiger partial charge in [-0.3, -0.25) is 0 Å². The Hall–Kier alpha value is -5.74. The topological polar surface area (TPSA) is 4.93 Å². The van der Waals surface area contributed by atoms with Crippen molar-refractivity contribution in [3.63, 3.8) is 0 Å². The van der Waals surface area contributed by atoms with Crippen molar-refractivity contribution < 1.29 is 0 Å². The van der Waals surface area contributed by atoms with Crippen LogP contribution in [0.1, 0.15) is 22.3 Å². The standard InChI is InChI=1S/C49H31NS2/c1-3-14-32(15-4-1)33-27-29-46-41(30-33)49(38-20-8-11-24-44(38)51-46)39-21-9-12-25-45(39)52-47-31-34(26-28-40(47)49)36-19-13-23-43-48(36)37-18-7-10-22-42(37)50(43)35-16-5-2-6-17-35/h1-31H. The van der Waals surface area contributed by atoms with E-state index in [4.69, 9.17) is 0 Å². The Morgan fingerprint density at radius 1 is 0.365 bits per heavy atom. The Morgan fingerprint density at radius 3 is 1.75 bits per heavy atom. The minimum absolute atomic E-state index is 0.465. The second kappa shape index (κ2) is 11.6. The maximum atomic E-state index is 2.47. The van der Waals surface area contributed by atoms with Crippen LogP contribution in [0, 0.1) is 0 Å². The maximum absolute atomic E-state index is 2.47. The lowest BCUT2D eigenvalue weighted by atomic mass is 9.64. The first-order valence-corrected chi connectivity index (χ1v) is 19.4. The van der Waals surface area contributed by atoms with Crippen LogP contribution < -0.4 is 0 Å². The van der Waals surface area contributed by atoms with Crippen molar-refractivity contribution in [2.45, 2.75) is 25.0 Å². The first-order chi connectivity index (χ1) is 25.8. The molecular weight excluding hydrogens is 667 g/mol. The predicted octanol–water partition coefficient (Wildman–Crippen LogP) is 13.4. The molecule has 0 saturated carbocycles. The highest BCUT2D eigenvalue weighted by atomic mass is 32.2. The van der Waals surface area contributed by atoms with E-state index in [9.17, 15) is 0 Å². The van der Waals surface area contributed by atoms with Crippen molar-refractivity contribution in [1.82, 2.24) is 4.57 Å². The molecule has 1 unspecified atom stereocenters. The third-order valence-corrected chi connectivity index (χ3v) is 13.2. The molecule has 1 atom stereocenters. The third kappa shape index (κ3) is 4.27. The molecule has 11 rings (SSSR count). The fourth-order valence-electron chi connectivity index (χ4n) is 8.76. The molecule has 2 aliphatic rings. The van der Waals surface area contributed by atoms with Crippen LogP contribution in [0.5, 0.6) is 0 Å². The highest BCUT2D eigenvalue weighted by molar-refractivity contribution is 8.00. The van der Waals surface area contributed by atoms with Crippen LogP contribution in [0.3, 0.4) is 0 Å². The summed E-state index contributed by atoms with van der Waals surface area (Å²) in [6.07, 6.45) is 0. The van der Waals surface area contributed by atoms with Gasteiger partial charge in [0, 0.05) is 36.0 Å². The van der Waals surface area contributed by atoms with Gasteiger partial charge in [0.25, 0.3) is 0 Å². The van der Waals surface area contributed by atoms with Gasteiger partial charge in [-0.25, -0.2) is 0 Å². The van der Waals surface area contributed by atoms with Gasteiger partial charge in [-0.05, 0) is 99.1 Å². The first-order valence-electron chi connectivity index (χ1n) is 17.8. The van der Waals surface area contributed by atoms with Gasteiger partial charge in [0.2, 0.25) is 0 Å². The fourth-order valence-corrected chi connectivity index (χ4v) is 11.2. The normalized spacial score (nSPS) is 15.6. The molecule has 0 N–H and O–H groups in total. The lowest BCUT2D eigenvalue weighted by Crippen LogP contribution is -2.36.